The number of H-pyrrole nitrogens is 1. The van der Waals surface area contributed by atoms with Gasteiger partial charge in [-0.25, -0.2) is 4.98 Å². The molecule has 0 amide bonds. The quantitative estimate of drug-likeness (QED) is 0.453. The number of nitrogens with zero attached hydrogens (tertiary/aromatic N) is 4. The highest BCUT2D eigenvalue weighted by Crippen LogP contribution is 2.10. The zero-order chi connectivity index (χ0) is 14.5. The lowest BCUT2D eigenvalue weighted by Crippen LogP contribution is -2.38. The van der Waals surface area contributed by atoms with Gasteiger partial charge in [-0.15, -0.1) is 35.3 Å². The fourth-order valence-electron chi connectivity index (χ4n) is 1.91. The molecule has 0 aliphatic heterocycles. The molecule has 0 radical (unpaired) electrons. The fourth-order valence-corrected chi connectivity index (χ4v) is 2.52. The summed E-state index contributed by atoms with van der Waals surface area (Å²) in [5, 5.41) is 13.4. The van der Waals surface area contributed by atoms with Crippen LogP contribution in [0, 0.1) is 13.8 Å². The van der Waals surface area contributed by atoms with Crippen molar-refractivity contribution >= 4 is 41.3 Å². The maximum Gasteiger partial charge on any atom is 0.194 e. The van der Waals surface area contributed by atoms with Crippen LogP contribution >= 0.6 is 35.3 Å². The molecule has 6 nitrogen and oxygen atoms in total. The van der Waals surface area contributed by atoms with Gasteiger partial charge in [0, 0.05) is 37.3 Å². The summed E-state index contributed by atoms with van der Waals surface area (Å²) in [6.45, 7) is 5.47. The Balaban J connectivity index is 0.00000220. The van der Waals surface area contributed by atoms with E-state index in [2.05, 4.69) is 35.8 Å². The van der Waals surface area contributed by atoms with E-state index >= 15 is 0 Å². The predicted octanol–water partition coefficient (Wildman–Crippen LogP) is 2.31. The van der Waals surface area contributed by atoms with Crippen molar-refractivity contribution in [3.8, 4) is 0 Å². The largest absolute Gasteiger partial charge is 0.352 e. The second-order valence-corrected chi connectivity index (χ2v) is 5.70. The van der Waals surface area contributed by atoms with Crippen molar-refractivity contribution in [2.24, 2.45) is 4.99 Å². The zero-order valence-electron chi connectivity index (χ0n) is 12.7. The van der Waals surface area contributed by atoms with Crippen LogP contribution in [0.15, 0.2) is 16.6 Å². The van der Waals surface area contributed by atoms with E-state index in [0.29, 0.717) is 6.54 Å². The molecule has 8 heteroatoms. The van der Waals surface area contributed by atoms with E-state index in [-0.39, 0.29) is 24.0 Å². The van der Waals surface area contributed by atoms with Gasteiger partial charge in [0.15, 0.2) is 5.96 Å². The number of nitrogens with one attached hydrogen (secondary N) is 2. The summed E-state index contributed by atoms with van der Waals surface area (Å²) < 4.78 is 0. The molecule has 0 spiro atoms. The standard InChI is InChI=1S/C13H20N6S.HI/c1-9-11(6-16-18-9)5-15-13(14-3)19(4)7-12-8-20-10(2)17-12;/h6,8H,5,7H2,1-4H3,(H,14,15)(H,16,18);1H. The molecule has 0 saturated carbocycles. The molecule has 0 atom stereocenters. The van der Waals surface area contributed by atoms with Crippen molar-refractivity contribution in [3.63, 3.8) is 0 Å². The second kappa shape index (κ2) is 8.32. The van der Waals surface area contributed by atoms with E-state index in [9.17, 15) is 0 Å². The highest BCUT2D eigenvalue weighted by atomic mass is 127. The van der Waals surface area contributed by atoms with Gasteiger partial charge in [0.25, 0.3) is 0 Å². The Morgan fingerprint density at radius 2 is 2.24 bits per heavy atom. The number of thiazole rings is 1. The monoisotopic (exact) mass is 420 g/mol. The average Bonchev–Trinajstić information content (AvgIpc) is 3.00. The molecule has 2 aromatic heterocycles. The summed E-state index contributed by atoms with van der Waals surface area (Å²) in [6, 6.07) is 0. The van der Waals surface area contributed by atoms with Gasteiger partial charge in [-0.1, -0.05) is 0 Å². The number of guanidine groups is 1. The maximum atomic E-state index is 4.47. The first-order valence-corrected chi connectivity index (χ1v) is 7.29. The molecule has 0 bridgehead atoms. The first-order valence-electron chi connectivity index (χ1n) is 6.41. The Kier molecular flexibility index (Phi) is 7.09. The van der Waals surface area contributed by atoms with Crippen molar-refractivity contribution in [3.05, 3.63) is 33.5 Å². The number of aliphatic imine (C=N–C) groups is 1. The van der Waals surface area contributed by atoms with Crippen LogP contribution in [0.4, 0.5) is 0 Å². The number of aromatic amines is 1. The molecule has 21 heavy (non-hydrogen) atoms. The molecule has 116 valence electrons. The normalized spacial score (nSPS) is 11.1. The Hall–Kier alpha value is -1.16. The minimum Gasteiger partial charge on any atom is -0.352 e. The third-order valence-corrected chi connectivity index (χ3v) is 3.83. The van der Waals surface area contributed by atoms with Crippen LogP contribution in [0.1, 0.15) is 22.0 Å². The Labute approximate surface area is 146 Å². The molecule has 2 aromatic rings. The van der Waals surface area contributed by atoms with Gasteiger partial charge in [-0.3, -0.25) is 10.1 Å². The number of rotatable bonds is 4. The van der Waals surface area contributed by atoms with Gasteiger partial charge in [0.05, 0.1) is 23.4 Å². The minimum absolute atomic E-state index is 0. The number of hydrogen-bond donors (Lipinski definition) is 2. The van der Waals surface area contributed by atoms with Crippen molar-refractivity contribution in [1.29, 1.82) is 0 Å². The number of halogens is 1. The van der Waals surface area contributed by atoms with Crippen molar-refractivity contribution in [2.45, 2.75) is 26.9 Å². The van der Waals surface area contributed by atoms with Crippen LogP contribution in [-0.4, -0.2) is 40.1 Å². The Morgan fingerprint density at radius 1 is 1.48 bits per heavy atom. The highest BCUT2D eigenvalue weighted by Gasteiger charge is 2.09. The van der Waals surface area contributed by atoms with Gasteiger partial charge < -0.3 is 10.2 Å². The van der Waals surface area contributed by atoms with Gasteiger partial charge in [0.2, 0.25) is 0 Å². The summed E-state index contributed by atoms with van der Waals surface area (Å²) in [4.78, 5) is 10.8. The SMILES string of the molecule is CN=C(NCc1cn[nH]c1C)N(C)Cc1csc(C)n1.I. The molecular weight excluding hydrogens is 399 g/mol. The van der Waals surface area contributed by atoms with E-state index in [4.69, 9.17) is 0 Å². The Bertz CT molecular complexity index is 591. The second-order valence-electron chi connectivity index (χ2n) is 4.63. The van der Waals surface area contributed by atoms with Crippen LogP contribution < -0.4 is 5.32 Å². The molecule has 0 saturated heterocycles. The molecule has 0 aliphatic carbocycles. The summed E-state index contributed by atoms with van der Waals surface area (Å²) in [5.74, 6) is 0.844. The topological polar surface area (TPSA) is 69.2 Å². The molecule has 2 heterocycles. The van der Waals surface area contributed by atoms with Crippen LogP contribution in [0.2, 0.25) is 0 Å². The molecule has 2 N–H and O–H groups in total. The number of hydrogen-bond acceptors (Lipinski definition) is 4. The van der Waals surface area contributed by atoms with Crippen molar-refractivity contribution in [2.75, 3.05) is 14.1 Å². The van der Waals surface area contributed by atoms with Gasteiger partial charge in [0.1, 0.15) is 0 Å². The number of aryl methyl sites for hydroxylation is 2. The van der Waals surface area contributed by atoms with Gasteiger partial charge >= 0.3 is 0 Å². The smallest absolute Gasteiger partial charge is 0.194 e. The molecule has 0 unspecified atom stereocenters. The van der Waals surface area contributed by atoms with E-state index < -0.39 is 0 Å². The zero-order valence-corrected chi connectivity index (χ0v) is 15.8. The fraction of sp³-hybridized carbons (Fsp3) is 0.462. The van der Waals surface area contributed by atoms with E-state index in [0.717, 1.165) is 34.5 Å². The molecule has 0 aliphatic rings. The van der Waals surface area contributed by atoms with Crippen molar-refractivity contribution < 1.29 is 0 Å². The molecular formula is C13H21IN6S. The lowest BCUT2D eigenvalue weighted by Gasteiger charge is -2.21. The molecule has 2 rings (SSSR count). The first-order chi connectivity index (χ1) is 9.60. The van der Waals surface area contributed by atoms with Crippen molar-refractivity contribution in [1.82, 2.24) is 25.4 Å². The lowest BCUT2D eigenvalue weighted by atomic mass is 10.3. The molecule has 0 aromatic carbocycles. The van der Waals surface area contributed by atoms with Gasteiger partial charge in [-0.05, 0) is 13.8 Å². The van der Waals surface area contributed by atoms with E-state index in [1.807, 2.05) is 27.1 Å². The van der Waals surface area contributed by atoms with Crippen LogP contribution in [0.5, 0.6) is 0 Å². The molecule has 0 fully saturated rings. The van der Waals surface area contributed by atoms with Gasteiger partial charge in [-0.2, -0.15) is 5.10 Å². The summed E-state index contributed by atoms with van der Waals surface area (Å²) >= 11 is 1.67. The Morgan fingerprint density at radius 3 is 2.76 bits per heavy atom. The predicted molar refractivity (Wildman–Crippen MR) is 97.3 cm³/mol. The first kappa shape index (κ1) is 17.9. The van der Waals surface area contributed by atoms with E-state index in [1.54, 1.807) is 18.4 Å². The van der Waals surface area contributed by atoms with Crippen LogP contribution in [-0.2, 0) is 13.1 Å². The highest BCUT2D eigenvalue weighted by molar-refractivity contribution is 14.0. The summed E-state index contributed by atoms with van der Waals surface area (Å²) in [5.41, 5.74) is 3.28. The lowest BCUT2D eigenvalue weighted by molar-refractivity contribution is 0.470. The third kappa shape index (κ3) is 4.95. The van der Waals surface area contributed by atoms with E-state index in [1.165, 1.54) is 0 Å². The average molecular weight is 420 g/mol. The summed E-state index contributed by atoms with van der Waals surface area (Å²) in [6.07, 6.45) is 1.83. The minimum atomic E-state index is 0. The number of aromatic nitrogens is 3. The summed E-state index contributed by atoms with van der Waals surface area (Å²) in [7, 11) is 3.79. The third-order valence-electron chi connectivity index (χ3n) is 3.01. The van der Waals surface area contributed by atoms with Crippen LogP contribution in [0.3, 0.4) is 0 Å². The van der Waals surface area contributed by atoms with Crippen LogP contribution in [0.25, 0.3) is 0 Å². The maximum absolute atomic E-state index is 4.47.